The van der Waals surface area contributed by atoms with Crippen molar-refractivity contribution in [3.05, 3.63) is 18.2 Å². The molecular formula is C15H22N4O4+2. The molecule has 1 atom stereocenters. The Kier molecular flexibility index (Phi) is 4.46. The van der Waals surface area contributed by atoms with Gasteiger partial charge in [0, 0.05) is 37.0 Å². The summed E-state index contributed by atoms with van der Waals surface area (Å²) in [5.74, 6) is 0.319. The third-order valence-electron chi connectivity index (χ3n) is 4.18. The van der Waals surface area contributed by atoms with Gasteiger partial charge in [-0.15, -0.1) is 5.06 Å². The number of piperazine rings is 1. The quantitative estimate of drug-likeness (QED) is 0.574. The summed E-state index contributed by atoms with van der Waals surface area (Å²) < 4.78 is 6.52. The van der Waals surface area contributed by atoms with Crippen molar-refractivity contribution < 1.29 is 29.4 Å². The van der Waals surface area contributed by atoms with E-state index in [1.807, 2.05) is 13.1 Å². The fourth-order valence-electron chi connectivity index (χ4n) is 2.78. The van der Waals surface area contributed by atoms with Crippen LogP contribution in [0.5, 0.6) is 5.75 Å². The van der Waals surface area contributed by atoms with Gasteiger partial charge in [-0.25, -0.2) is 9.63 Å². The van der Waals surface area contributed by atoms with Gasteiger partial charge in [-0.3, -0.25) is 5.21 Å². The molecule has 1 amide bonds. The number of likely N-dealkylation sites (N-methyl/N-ethyl adjacent to an activating group) is 1. The van der Waals surface area contributed by atoms with Crippen molar-refractivity contribution in [3.8, 4) is 5.75 Å². The van der Waals surface area contributed by atoms with E-state index in [9.17, 15) is 10.0 Å². The summed E-state index contributed by atoms with van der Waals surface area (Å²) in [6.45, 7) is 3.40. The van der Waals surface area contributed by atoms with E-state index in [0.29, 0.717) is 31.1 Å². The highest BCUT2D eigenvalue weighted by Gasteiger charge is 2.36. The van der Waals surface area contributed by atoms with Crippen molar-refractivity contribution in [3.63, 3.8) is 0 Å². The van der Waals surface area contributed by atoms with Crippen molar-refractivity contribution in [1.29, 1.82) is 0 Å². The van der Waals surface area contributed by atoms with Crippen molar-refractivity contribution in [2.75, 3.05) is 46.9 Å². The molecule has 124 valence electrons. The lowest BCUT2D eigenvalue weighted by Crippen LogP contribution is -3.07. The summed E-state index contributed by atoms with van der Waals surface area (Å²) in [4.78, 5) is 21.5. The van der Waals surface area contributed by atoms with Gasteiger partial charge in [-0.2, -0.15) is 0 Å². The Labute approximate surface area is 134 Å². The first-order chi connectivity index (χ1) is 11.1. The number of para-hydroxylation sites is 1. The molecular weight excluding hydrogens is 300 g/mol. The van der Waals surface area contributed by atoms with Crippen LogP contribution in [0, 0.1) is 0 Å². The SMILES string of the molecule is CO[NH+]1CC=[N+](O)c2c(OC(=O)N3CCN(C)CC3)cccc21. The second-order valence-electron chi connectivity index (χ2n) is 5.67. The third kappa shape index (κ3) is 3.14. The predicted molar refractivity (Wildman–Crippen MR) is 81.8 cm³/mol. The lowest BCUT2D eigenvalue weighted by atomic mass is 10.2. The molecule has 2 aliphatic rings. The summed E-state index contributed by atoms with van der Waals surface area (Å²) in [7, 11) is 3.61. The van der Waals surface area contributed by atoms with Crippen LogP contribution in [0.1, 0.15) is 0 Å². The summed E-state index contributed by atoms with van der Waals surface area (Å²) in [5, 5.41) is 10.8. The summed E-state index contributed by atoms with van der Waals surface area (Å²) >= 11 is 0. The first-order valence-electron chi connectivity index (χ1n) is 7.60. The van der Waals surface area contributed by atoms with Gasteiger partial charge >= 0.3 is 11.8 Å². The zero-order chi connectivity index (χ0) is 16.4. The molecule has 2 heterocycles. The van der Waals surface area contributed by atoms with E-state index in [0.717, 1.165) is 28.6 Å². The van der Waals surface area contributed by atoms with Crippen LogP contribution >= 0.6 is 0 Å². The molecule has 0 spiro atoms. The van der Waals surface area contributed by atoms with Gasteiger partial charge in [-0.05, 0) is 13.1 Å². The van der Waals surface area contributed by atoms with Crippen LogP contribution in [0.25, 0.3) is 0 Å². The second-order valence-corrected chi connectivity index (χ2v) is 5.67. The van der Waals surface area contributed by atoms with Crippen LogP contribution < -0.4 is 9.80 Å². The number of nitrogens with one attached hydrogen (secondary N) is 1. The molecule has 1 fully saturated rings. The average molecular weight is 322 g/mol. The molecule has 0 bridgehead atoms. The molecule has 2 N–H and O–H groups in total. The number of quaternary nitrogens is 1. The van der Waals surface area contributed by atoms with E-state index < -0.39 is 6.09 Å². The van der Waals surface area contributed by atoms with Gasteiger partial charge in [0.05, 0.1) is 7.11 Å². The van der Waals surface area contributed by atoms with Crippen molar-refractivity contribution in [2.24, 2.45) is 0 Å². The van der Waals surface area contributed by atoms with Gasteiger partial charge in [0.15, 0.2) is 6.54 Å². The van der Waals surface area contributed by atoms with Crippen LogP contribution in [0.4, 0.5) is 16.2 Å². The number of carbonyl (C=O) groups excluding carboxylic acids is 1. The number of benzene rings is 1. The monoisotopic (exact) mass is 322 g/mol. The molecule has 0 aromatic heterocycles. The Morgan fingerprint density at radius 3 is 2.74 bits per heavy atom. The van der Waals surface area contributed by atoms with E-state index >= 15 is 0 Å². The highest BCUT2D eigenvalue weighted by molar-refractivity contribution is 5.75. The molecule has 2 aliphatic heterocycles. The molecule has 0 saturated carbocycles. The number of carbonyl (C=O) groups is 1. The summed E-state index contributed by atoms with van der Waals surface area (Å²) in [6, 6.07) is 5.28. The van der Waals surface area contributed by atoms with Crippen LogP contribution in [0.3, 0.4) is 0 Å². The maximum absolute atomic E-state index is 12.4. The zero-order valence-corrected chi connectivity index (χ0v) is 13.4. The smallest absolute Gasteiger partial charge is 0.403 e. The van der Waals surface area contributed by atoms with E-state index in [-0.39, 0.29) is 0 Å². The Morgan fingerprint density at radius 1 is 1.30 bits per heavy atom. The maximum atomic E-state index is 12.4. The molecule has 1 unspecified atom stereocenters. The molecule has 8 heteroatoms. The summed E-state index contributed by atoms with van der Waals surface area (Å²) in [5.41, 5.74) is 1.15. The minimum Gasteiger partial charge on any atom is -0.403 e. The Bertz CT molecular complexity index is 626. The molecule has 3 rings (SSSR count). The molecule has 1 saturated heterocycles. The van der Waals surface area contributed by atoms with Gasteiger partial charge in [0.2, 0.25) is 11.4 Å². The molecule has 23 heavy (non-hydrogen) atoms. The Hall–Kier alpha value is -2.16. The minimum absolute atomic E-state index is 0.319. The number of rotatable bonds is 2. The topological polar surface area (TPSA) is 69.7 Å². The number of hydroxylamine groups is 1. The predicted octanol–water partition coefficient (Wildman–Crippen LogP) is -0.372. The largest absolute Gasteiger partial charge is 0.415 e. The molecule has 0 aliphatic carbocycles. The average Bonchev–Trinajstić information content (AvgIpc) is 2.56. The van der Waals surface area contributed by atoms with Crippen LogP contribution in [0.15, 0.2) is 18.2 Å². The van der Waals surface area contributed by atoms with Gasteiger partial charge < -0.3 is 14.5 Å². The fraction of sp³-hybridized carbons (Fsp3) is 0.467. The molecule has 0 radical (unpaired) electrons. The first-order valence-corrected chi connectivity index (χ1v) is 7.60. The van der Waals surface area contributed by atoms with Crippen molar-refractivity contribution in [2.45, 2.75) is 0 Å². The number of ether oxygens (including phenoxy) is 1. The van der Waals surface area contributed by atoms with Gasteiger partial charge in [0.25, 0.3) is 6.21 Å². The molecule has 1 aromatic carbocycles. The Balaban J connectivity index is 1.81. The molecule has 1 aromatic rings. The van der Waals surface area contributed by atoms with E-state index in [1.165, 1.54) is 0 Å². The van der Waals surface area contributed by atoms with E-state index in [1.54, 1.807) is 30.4 Å². The van der Waals surface area contributed by atoms with E-state index in [2.05, 4.69) is 4.90 Å². The standard InChI is InChI=1S/C15H21N4O4/c1-16-6-8-17(9-7-16)15(20)23-13-5-3-4-12-14(13)18(21)10-11-19(12)22-2/h3-5,10,21H,6-9,11H2,1-2H3/q+1/p+1. The number of hydrogen-bond donors (Lipinski definition) is 2. The second kappa shape index (κ2) is 6.53. The normalized spacial score (nSPS) is 21.6. The van der Waals surface area contributed by atoms with Crippen molar-refractivity contribution >= 4 is 23.7 Å². The van der Waals surface area contributed by atoms with Crippen LogP contribution in [0.2, 0.25) is 0 Å². The maximum Gasteiger partial charge on any atom is 0.415 e. The number of amides is 1. The molecule has 8 nitrogen and oxygen atoms in total. The number of hydrogen-bond acceptors (Lipinski definition) is 5. The first kappa shape index (κ1) is 15.7. The van der Waals surface area contributed by atoms with E-state index in [4.69, 9.17) is 9.57 Å². The Morgan fingerprint density at radius 2 is 2.04 bits per heavy atom. The van der Waals surface area contributed by atoms with Crippen molar-refractivity contribution in [1.82, 2.24) is 9.80 Å². The van der Waals surface area contributed by atoms with Crippen LogP contribution in [-0.2, 0) is 4.84 Å². The highest BCUT2D eigenvalue weighted by Crippen LogP contribution is 2.33. The minimum atomic E-state index is -0.399. The zero-order valence-electron chi connectivity index (χ0n) is 13.4. The van der Waals surface area contributed by atoms with Crippen LogP contribution in [-0.4, -0.2) is 78.9 Å². The van der Waals surface area contributed by atoms with Gasteiger partial charge in [0.1, 0.15) is 0 Å². The third-order valence-corrected chi connectivity index (χ3v) is 4.18. The highest BCUT2D eigenvalue weighted by atomic mass is 16.7. The summed E-state index contributed by atoms with van der Waals surface area (Å²) in [6.07, 6.45) is 1.18. The van der Waals surface area contributed by atoms with Gasteiger partial charge in [-0.1, -0.05) is 6.07 Å². The number of fused-ring (bicyclic) bond motifs is 1. The lowest BCUT2D eigenvalue weighted by molar-refractivity contribution is -1.03. The lowest BCUT2D eigenvalue weighted by Gasteiger charge is -2.31. The fourth-order valence-corrected chi connectivity index (χ4v) is 2.78. The number of nitrogens with zero attached hydrogens (tertiary/aromatic N) is 3.